The Balaban J connectivity index is 1.94. The lowest BCUT2D eigenvalue weighted by Gasteiger charge is -2.09. The molecule has 3 aromatic rings. The van der Waals surface area contributed by atoms with Gasteiger partial charge in [0.05, 0.1) is 12.1 Å². The molecule has 2 nitrogen and oxygen atoms in total. The number of hydrogen-bond acceptors (Lipinski definition) is 2. The summed E-state index contributed by atoms with van der Waals surface area (Å²) in [5.74, 6) is 0. The predicted octanol–water partition coefficient (Wildman–Crippen LogP) is 4.42. The van der Waals surface area contributed by atoms with Gasteiger partial charge in [0.15, 0.2) is 0 Å². The molecule has 0 unspecified atom stereocenters. The SMILES string of the molecule is CCNCc1cccc2ccn(Cc3ccc(CC)s3)c12. The van der Waals surface area contributed by atoms with Gasteiger partial charge in [-0.1, -0.05) is 32.0 Å². The molecule has 0 fully saturated rings. The molecule has 2 heterocycles. The van der Waals surface area contributed by atoms with E-state index in [2.05, 4.69) is 66.3 Å². The number of benzene rings is 1. The number of fused-ring (bicyclic) bond motifs is 1. The van der Waals surface area contributed by atoms with Crippen molar-refractivity contribution in [1.82, 2.24) is 9.88 Å². The van der Waals surface area contributed by atoms with Crippen molar-refractivity contribution < 1.29 is 0 Å². The Hall–Kier alpha value is -1.58. The number of hydrogen-bond donors (Lipinski definition) is 1. The fraction of sp³-hybridized carbons (Fsp3) is 0.333. The maximum Gasteiger partial charge on any atom is 0.0569 e. The van der Waals surface area contributed by atoms with E-state index < -0.39 is 0 Å². The zero-order valence-electron chi connectivity index (χ0n) is 12.7. The largest absolute Gasteiger partial charge is 0.342 e. The third kappa shape index (κ3) is 3.04. The van der Waals surface area contributed by atoms with E-state index in [4.69, 9.17) is 0 Å². The van der Waals surface area contributed by atoms with Crippen molar-refractivity contribution in [2.75, 3.05) is 6.54 Å². The molecule has 0 aliphatic heterocycles. The van der Waals surface area contributed by atoms with Crippen molar-refractivity contribution >= 4 is 22.2 Å². The van der Waals surface area contributed by atoms with Crippen molar-refractivity contribution in [2.45, 2.75) is 33.4 Å². The number of nitrogens with one attached hydrogen (secondary N) is 1. The third-order valence-corrected chi connectivity index (χ3v) is 5.04. The van der Waals surface area contributed by atoms with Gasteiger partial charge in [-0.15, -0.1) is 11.3 Å². The highest BCUT2D eigenvalue weighted by molar-refractivity contribution is 7.11. The Morgan fingerprint density at radius 2 is 1.90 bits per heavy atom. The summed E-state index contributed by atoms with van der Waals surface area (Å²) in [6.07, 6.45) is 3.34. The van der Waals surface area contributed by atoms with Gasteiger partial charge in [0.2, 0.25) is 0 Å². The van der Waals surface area contributed by atoms with Crippen LogP contribution in [0.15, 0.2) is 42.6 Å². The molecular weight excluding hydrogens is 276 g/mol. The predicted molar refractivity (Wildman–Crippen MR) is 92.1 cm³/mol. The van der Waals surface area contributed by atoms with Crippen LogP contribution in [0.1, 0.15) is 29.2 Å². The van der Waals surface area contributed by atoms with E-state index in [1.54, 1.807) is 0 Å². The van der Waals surface area contributed by atoms with E-state index in [0.29, 0.717) is 0 Å². The van der Waals surface area contributed by atoms with Crippen LogP contribution in [-0.4, -0.2) is 11.1 Å². The van der Waals surface area contributed by atoms with Crippen LogP contribution in [0.2, 0.25) is 0 Å². The summed E-state index contributed by atoms with van der Waals surface area (Å²) in [6, 6.07) is 13.3. The van der Waals surface area contributed by atoms with Gasteiger partial charge in [0.1, 0.15) is 0 Å². The number of aromatic nitrogens is 1. The first-order valence-corrected chi connectivity index (χ1v) is 8.48. The quantitative estimate of drug-likeness (QED) is 0.712. The van der Waals surface area contributed by atoms with Gasteiger partial charge in [0.25, 0.3) is 0 Å². The van der Waals surface area contributed by atoms with E-state index in [1.165, 1.54) is 26.2 Å². The molecule has 0 radical (unpaired) electrons. The van der Waals surface area contributed by atoms with Crippen molar-refractivity contribution in [3.8, 4) is 0 Å². The Morgan fingerprint density at radius 1 is 1.05 bits per heavy atom. The molecule has 0 atom stereocenters. The molecule has 2 aromatic heterocycles. The molecule has 0 saturated heterocycles. The molecule has 0 aliphatic carbocycles. The Bertz CT molecular complexity index is 724. The van der Waals surface area contributed by atoms with Crippen LogP contribution in [0, 0.1) is 0 Å². The van der Waals surface area contributed by atoms with Crippen LogP contribution in [0.4, 0.5) is 0 Å². The third-order valence-electron chi connectivity index (χ3n) is 3.83. The molecule has 21 heavy (non-hydrogen) atoms. The second-order valence-corrected chi connectivity index (χ2v) is 6.55. The van der Waals surface area contributed by atoms with Crippen LogP contribution in [0.5, 0.6) is 0 Å². The summed E-state index contributed by atoms with van der Waals surface area (Å²) in [4.78, 5) is 2.90. The van der Waals surface area contributed by atoms with E-state index in [-0.39, 0.29) is 0 Å². The average Bonchev–Trinajstić information content (AvgIpc) is 3.13. The second-order valence-electron chi connectivity index (χ2n) is 5.30. The minimum Gasteiger partial charge on any atom is -0.342 e. The molecule has 0 amide bonds. The van der Waals surface area contributed by atoms with Crippen LogP contribution in [-0.2, 0) is 19.5 Å². The smallest absolute Gasteiger partial charge is 0.0569 e. The van der Waals surface area contributed by atoms with Gasteiger partial charge in [-0.3, -0.25) is 0 Å². The average molecular weight is 298 g/mol. The molecule has 0 bridgehead atoms. The first kappa shape index (κ1) is 14.4. The summed E-state index contributed by atoms with van der Waals surface area (Å²) in [5, 5.41) is 4.77. The first-order valence-electron chi connectivity index (χ1n) is 7.66. The molecule has 3 rings (SSSR count). The minimum atomic E-state index is 0.933. The Morgan fingerprint density at radius 3 is 2.67 bits per heavy atom. The highest BCUT2D eigenvalue weighted by Gasteiger charge is 2.08. The molecular formula is C18H22N2S. The van der Waals surface area contributed by atoms with E-state index in [9.17, 15) is 0 Å². The second kappa shape index (κ2) is 6.46. The van der Waals surface area contributed by atoms with Gasteiger partial charge in [-0.05, 0) is 42.1 Å². The monoisotopic (exact) mass is 298 g/mol. The van der Waals surface area contributed by atoms with E-state index >= 15 is 0 Å². The van der Waals surface area contributed by atoms with Gasteiger partial charge in [0, 0.05) is 22.5 Å². The fourth-order valence-corrected chi connectivity index (χ4v) is 3.70. The van der Waals surface area contributed by atoms with Crippen molar-refractivity contribution in [3.05, 3.63) is 57.9 Å². The molecule has 3 heteroatoms. The molecule has 0 saturated carbocycles. The fourth-order valence-electron chi connectivity index (χ4n) is 2.74. The Labute approximate surface area is 130 Å². The number of aryl methyl sites for hydroxylation is 1. The summed E-state index contributed by atoms with van der Waals surface area (Å²) in [6.45, 7) is 7.27. The Kier molecular flexibility index (Phi) is 4.42. The van der Waals surface area contributed by atoms with Crippen molar-refractivity contribution in [1.29, 1.82) is 0 Å². The molecule has 0 spiro atoms. The minimum absolute atomic E-state index is 0.933. The lowest BCUT2D eigenvalue weighted by molar-refractivity contribution is 0.724. The highest BCUT2D eigenvalue weighted by atomic mass is 32.1. The maximum absolute atomic E-state index is 3.44. The van der Waals surface area contributed by atoms with Crippen LogP contribution < -0.4 is 5.32 Å². The van der Waals surface area contributed by atoms with Crippen LogP contribution in [0.25, 0.3) is 10.9 Å². The molecule has 1 aromatic carbocycles. The molecule has 1 N–H and O–H groups in total. The van der Waals surface area contributed by atoms with Crippen LogP contribution >= 0.6 is 11.3 Å². The lowest BCUT2D eigenvalue weighted by Crippen LogP contribution is -2.12. The summed E-state index contributed by atoms with van der Waals surface area (Å²) in [7, 11) is 0. The number of para-hydroxylation sites is 1. The first-order chi connectivity index (χ1) is 10.3. The molecule has 0 aliphatic rings. The number of nitrogens with zero attached hydrogens (tertiary/aromatic N) is 1. The van der Waals surface area contributed by atoms with Gasteiger partial charge in [-0.25, -0.2) is 0 Å². The zero-order chi connectivity index (χ0) is 14.7. The van der Waals surface area contributed by atoms with E-state index in [0.717, 1.165) is 26.1 Å². The highest BCUT2D eigenvalue weighted by Crippen LogP contribution is 2.24. The van der Waals surface area contributed by atoms with Gasteiger partial charge < -0.3 is 9.88 Å². The lowest BCUT2D eigenvalue weighted by atomic mass is 10.1. The van der Waals surface area contributed by atoms with Gasteiger partial charge >= 0.3 is 0 Å². The standard InChI is InChI=1S/C18H22N2S/c1-3-16-8-9-17(21-16)13-20-11-10-14-6-5-7-15(18(14)20)12-19-4-2/h5-11,19H,3-4,12-13H2,1-2H3. The molecule has 110 valence electrons. The topological polar surface area (TPSA) is 17.0 Å². The summed E-state index contributed by atoms with van der Waals surface area (Å²) in [5.41, 5.74) is 2.75. The normalized spacial score (nSPS) is 11.3. The number of rotatable bonds is 6. The van der Waals surface area contributed by atoms with Crippen molar-refractivity contribution in [3.63, 3.8) is 0 Å². The summed E-state index contributed by atoms with van der Waals surface area (Å²) >= 11 is 1.93. The number of thiophene rings is 1. The maximum atomic E-state index is 3.44. The van der Waals surface area contributed by atoms with Crippen molar-refractivity contribution in [2.24, 2.45) is 0 Å². The zero-order valence-corrected chi connectivity index (χ0v) is 13.5. The van der Waals surface area contributed by atoms with E-state index in [1.807, 2.05) is 11.3 Å². The summed E-state index contributed by atoms with van der Waals surface area (Å²) < 4.78 is 2.38. The van der Waals surface area contributed by atoms with Crippen LogP contribution in [0.3, 0.4) is 0 Å². The van der Waals surface area contributed by atoms with Gasteiger partial charge in [-0.2, -0.15) is 0 Å².